The Morgan fingerprint density at radius 1 is 1.29 bits per heavy atom. The zero-order valence-electron chi connectivity index (χ0n) is 12.6. The Morgan fingerprint density at radius 2 is 1.90 bits per heavy atom. The number of carboxylic acids is 1. The Morgan fingerprint density at radius 3 is 2.43 bits per heavy atom. The number of nitrogens with zero attached hydrogens (tertiary/aromatic N) is 2. The lowest BCUT2D eigenvalue weighted by atomic mass is 9.97. The summed E-state index contributed by atoms with van der Waals surface area (Å²) in [7, 11) is 0. The van der Waals surface area contributed by atoms with Gasteiger partial charge in [0.05, 0.1) is 5.92 Å². The van der Waals surface area contributed by atoms with Gasteiger partial charge in [-0.15, -0.1) is 0 Å². The molecule has 5 nitrogen and oxygen atoms in total. The quantitative estimate of drug-likeness (QED) is 0.904. The normalized spacial score (nSPS) is 18.7. The van der Waals surface area contributed by atoms with Crippen molar-refractivity contribution in [1.29, 1.82) is 0 Å². The first-order valence-corrected chi connectivity index (χ1v) is 7.45. The van der Waals surface area contributed by atoms with Crippen LogP contribution < -0.4 is 9.80 Å². The van der Waals surface area contributed by atoms with Crippen molar-refractivity contribution in [3.63, 3.8) is 0 Å². The smallest absolute Gasteiger partial charge is 0.308 e. The van der Waals surface area contributed by atoms with Gasteiger partial charge < -0.3 is 14.9 Å². The van der Waals surface area contributed by atoms with Gasteiger partial charge in [-0.1, -0.05) is 0 Å². The molecular weight excluding hydrogens is 268 g/mol. The molecule has 1 N–H and O–H groups in total. The number of carbonyl (C=O) groups is 2. The zero-order valence-corrected chi connectivity index (χ0v) is 12.6. The maximum absolute atomic E-state index is 12.0. The number of rotatable bonds is 5. The highest BCUT2D eigenvalue weighted by molar-refractivity contribution is 5.95. The van der Waals surface area contributed by atoms with Crippen molar-refractivity contribution in [3.05, 3.63) is 24.3 Å². The van der Waals surface area contributed by atoms with Crippen LogP contribution in [0.15, 0.2) is 24.3 Å². The van der Waals surface area contributed by atoms with E-state index in [4.69, 9.17) is 5.11 Å². The van der Waals surface area contributed by atoms with Crippen LogP contribution in [0.25, 0.3) is 0 Å². The van der Waals surface area contributed by atoms with E-state index in [-0.39, 0.29) is 12.5 Å². The highest BCUT2D eigenvalue weighted by Crippen LogP contribution is 2.26. The van der Waals surface area contributed by atoms with Gasteiger partial charge in [0.2, 0.25) is 5.91 Å². The molecule has 5 heteroatoms. The summed E-state index contributed by atoms with van der Waals surface area (Å²) in [6.07, 6.45) is 0.733. The molecule has 21 heavy (non-hydrogen) atoms. The molecular formula is C16H22N2O3. The molecule has 1 unspecified atom stereocenters. The predicted octanol–water partition coefficient (Wildman–Crippen LogP) is 2.36. The Balaban J connectivity index is 2.16. The molecule has 2 rings (SSSR count). The highest BCUT2D eigenvalue weighted by atomic mass is 16.4. The Labute approximate surface area is 125 Å². The molecule has 0 bridgehead atoms. The molecule has 1 fully saturated rings. The largest absolute Gasteiger partial charge is 0.481 e. The van der Waals surface area contributed by atoms with Gasteiger partial charge in [0.25, 0.3) is 0 Å². The van der Waals surface area contributed by atoms with Gasteiger partial charge in [-0.2, -0.15) is 0 Å². The molecule has 114 valence electrons. The third-order valence-electron chi connectivity index (χ3n) is 4.05. The minimum absolute atomic E-state index is 0.00286. The lowest BCUT2D eigenvalue weighted by Gasteiger charge is -2.31. The van der Waals surface area contributed by atoms with E-state index in [1.807, 2.05) is 24.3 Å². The Hall–Kier alpha value is -2.04. The van der Waals surface area contributed by atoms with Gasteiger partial charge in [-0.3, -0.25) is 9.59 Å². The third kappa shape index (κ3) is 3.35. The predicted molar refractivity (Wildman–Crippen MR) is 82.7 cm³/mol. The van der Waals surface area contributed by atoms with Gasteiger partial charge in [0, 0.05) is 37.4 Å². The van der Waals surface area contributed by atoms with Gasteiger partial charge in [0.1, 0.15) is 0 Å². The first kappa shape index (κ1) is 15.4. The molecule has 0 saturated carbocycles. The van der Waals surface area contributed by atoms with Crippen molar-refractivity contribution in [3.8, 4) is 0 Å². The van der Waals surface area contributed by atoms with Crippen molar-refractivity contribution in [2.24, 2.45) is 5.92 Å². The fourth-order valence-electron chi connectivity index (χ4n) is 2.73. The minimum Gasteiger partial charge on any atom is -0.481 e. The van der Waals surface area contributed by atoms with Crippen LogP contribution in [0.5, 0.6) is 0 Å². The van der Waals surface area contributed by atoms with E-state index in [0.717, 1.165) is 24.5 Å². The van der Waals surface area contributed by atoms with Crippen molar-refractivity contribution in [2.75, 3.05) is 29.4 Å². The van der Waals surface area contributed by atoms with Crippen LogP contribution in [0, 0.1) is 5.92 Å². The molecule has 0 aromatic heterocycles. The summed E-state index contributed by atoms with van der Waals surface area (Å²) in [5, 5.41) is 9.13. The fraction of sp³-hybridized carbons (Fsp3) is 0.500. The second kappa shape index (κ2) is 6.61. The summed E-state index contributed by atoms with van der Waals surface area (Å²) >= 11 is 0. The molecule has 1 heterocycles. The van der Waals surface area contributed by atoms with Crippen LogP contribution in [-0.4, -0.2) is 36.6 Å². The monoisotopic (exact) mass is 290 g/mol. The van der Waals surface area contributed by atoms with Crippen molar-refractivity contribution in [2.45, 2.75) is 26.7 Å². The third-order valence-corrected chi connectivity index (χ3v) is 4.05. The van der Waals surface area contributed by atoms with E-state index in [0.29, 0.717) is 12.8 Å². The maximum Gasteiger partial charge on any atom is 0.308 e. The standard InChI is InChI=1S/C16H22N2O3/c1-3-17(4-2)13-6-8-14(9-7-13)18-11-12(16(20)21)5-10-15(18)19/h6-9,12H,3-5,10-11H2,1-2H3,(H,20,21). The van der Waals surface area contributed by atoms with Gasteiger partial charge >= 0.3 is 5.97 Å². The van der Waals surface area contributed by atoms with E-state index < -0.39 is 11.9 Å². The number of piperidine rings is 1. The van der Waals surface area contributed by atoms with Crippen LogP contribution in [-0.2, 0) is 9.59 Å². The summed E-state index contributed by atoms with van der Waals surface area (Å²) in [6, 6.07) is 7.77. The first-order valence-electron chi connectivity index (χ1n) is 7.45. The molecule has 1 amide bonds. The summed E-state index contributed by atoms with van der Waals surface area (Å²) in [5.74, 6) is -1.29. The first-order chi connectivity index (χ1) is 10.1. The molecule has 1 aliphatic heterocycles. The highest BCUT2D eigenvalue weighted by Gasteiger charge is 2.30. The number of carboxylic acid groups (broad SMARTS) is 1. The molecule has 0 radical (unpaired) electrons. The molecule has 0 spiro atoms. The zero-order chi connectivity index (χ0) is 15.4. The minimum atomic E-state index is -0.827. The van der Waals surface area contributed by atoms with Crippen molar-refractivity contribution in [1.82, 2.24) is 0 Å². The average Bonchev–Trinajstić information content (AvgIpc) is 2.49. The van der Waals surface area contributed by atoms with Crippen LogP contribution in [0.2, 0.25) is 0 Å². The number of hydrogen-bond acceptors (Lipinski definition) is 3. The molecule has 1 aromatic rings. The van der Waals surface area contributed by atoms with Crippen LogP contribution in [0.3, 0.4) is 0 Å². The molecule has 0 aliphatic carbocycles. The summed E-state index contributed by atoms with van der Waals surface area (Å²) in [5.41, 5.74) is 1.89. The number of carbonyl (C=O) groups excluding carboxylic acids is 1. The number of anilines is 2. The van der Waals surface area contributed by atoms with E-state index in [1.165, 1.54) is 0 Å². The fourth-order valence-corrected chi connectivity index (χ4v) is 2.73. The topological polar surface area (TPSA) is 60.9 Å². The lowest BCUT2D eigenvalue weighted by molar-refractivity contribution is -0.142. The maximum atomic E-state index is 12.0. The summed E-state index contributed by atoms with van der Waals surface area (Å²) in [6.45, 7) is 6.32. The summed E-state index contributed by atoms with van der Waals surface area (Å²) in [4.78, 5) is 26.9. The number of benzene rings is 1. The van der Waals surface area contributed by atoms with Crippen molar-refractivity contribution >= 4 is 23.3 Å². The van der Waals surface area contributed by atoms with E-state index >= 15 is 0 Å². The Bertz CT molecular complexity index is 509. The van der Waals surface area contributed by atoms with E-state index in [1.54, 1.807) is 4.90 Å². The van der Waals surface area contributed by atoms with Crippen LogP contribution in [0.4, 0.5) is 11.4 Å². The van der Waals surface area contributed by atoms with Crippen LogP contribution in [0.1, 0.15) is 26.7 Å². The second-order valence-electron chi connectivity index (χ2n) is 5.27. The SMILES string of the molecule is CCN(CC)c1ccc(N2CC(C(=O)O)CCC2=O)cc1. The van der Waals surface area contributed by atoms with Crippen molar-refractivity contribution < 1.29 is 14.7 Å². The van der Waals surface area contributed by atoms with E-state index in [2.05, 4.69) is 18.7 Å². The van der Waals surface area contributed by atoms with E-state index in [9.17, 15) is 9.59 Å². The van der Waals surface area contributed by atoms with Gasteiger partial charge in [0.15, 0.2) is 0 Å². The summed E-state index contributed by atoms with van der Waals surface area (Å²) < 4.78 is 0. The average molecular weight is 290 g/mol. The molecule has 1 aromatic carbocycles. The van der Waals surface area contributed by atoms with Gasteiger partial charge in [-0.25, -0.2) is 0 Å². The second-order valence-corrected chi connectivity index (χ2v) is 5.27. The molecule has 1 saturated heterocycles. The Kier molecular flexibility index (Phi) is 4.83. The number of aliphatic carboxylic acids is 1. The van der Waals surface area contributed by atoms with Crippen LogP contribution >= 0.6 is 0 Å². The molecule has 1 aliphatic rings. The lowest BCUT2D eigenvalue weighted by Crippen LogP contribution is -2.42. The molecule has 1 atom stereocenters. The van der Waals surface area contributed by atoms with Gasteiger partial charge in [-0.05, 0) is 44.5 Å². The number of amides is 1. The number of hydrogen-bond donors (Lipinski definition) is 1.